The van der Waals surface area contributed by atoms with E-state index in [0.717, 1.165) is 16.0 Å². The number of ether oxygens (including phenoxy) is 1. The number of nitrogens with zero attached hydrogens (tertiary/aromatic N) is 2. The third kappa shape index (κ3) is 4.33. The minimum Gasteiger partial charge on any atom is -0.504 e. The van der Waals surface area contributed by atoms with Crippen LogP contribution in [-0.4, -0.2) is 40.0 Å². The highest BCUT2D eigenvalue weighted by Crippen LogP contribution is 2.35. The molecule has 2 N–H and O–H groups in total. The summed E-state index contributed by atoms with van der Waals surface area (Å²) in [5.41, 5.74) is 1.40. The molecule has 3 heterocycles. The Bertz CT molecular complexity index is 1320. The fourth-order valence-electron chi connectivity index (χ4n) is 3.31. The Labute approximate surface area is 186 Å². The zero-order valence-electron chi connectivity index (χ0n) is 17.3. The lowest BCUT2D eigenvalue weighted by Gasteiger charge is -2.17. The number of aromatic hydroxyl groups is 1. The predicted octanol–water partition coefficient (Wildman–Crippen LogP) is 3.94. The highest BCUT2D eigenvalue weighted by molar-refractivity contribution is 7.19. The molecular formula is C22H21N3O4S2. The lowest BCUT2D eigenvalue weighted by atomic mass is 10.2. The Morgan fingerprint density at radius 1 is 1.29 bits per heavy atom. The molecule has 0 atom stereocenters. The van der Waals surface area contributed by atoms with Crippen molar-refractivity contribution >= 4 is 38.8 Å². The van der Waals surface area contributed by atoms with E-state index >= 15 is 0 Å². The van der Waals surface area contributed by atoms with Gasteiger partial charge < -0.3 is 19.7 Å². The van der Waals surface area contributed by atoms with E-state index < -0.39 is 0 Å². The molecule has 7 nitrogen and oxygen atoms in total. The van der Waals surface area contributed by atoms with Crippen molar-refractivity contribution in [2.24, 2.45) is 0 Å². The highest BCUT2D eigenvalue weighted by atomic mass is 32.1. The van der Waals surface area contributed by atoms with E-state index in [-0.39, 0.29) is 23.6 Å². The quantitative estimate of drug-likeness (QED) is 0.459. The predicted molar refractivity (Wildman–Crippen MR) is 123 cm³/mol. The fourth-order valence-corrected chi connectivity index (χ4v) is 5.23. The molecule has 160 valence electrons. The second kappa shape index (κ2) is 8.52. The molecule has 0 saturated heterocycles. The summed E-state index contributed by atoms with van der Waals surface area (Å²) < 4.78 is 5.04. The van der Waals surface area contributed by atoms with Crippen LogP contribution in [0.2, 0.25) is 0 Å². The number of phenols is 1. The van der Waals surface area contributed by atoms with Crippen LogP contribution < -0.4 is 10.3 Å². The van der Waals surface area contributed by atoms with Crippen LogP contribution in [0.5, 0.6) is 11.5 Å². The molecule has 0 bridgehead atoms. The number of aromatic amines is 1. The largest absolute Gasteiger partial charge is 0.504 e. The average molecular weight is 456 g/mol. The van der Waals surface area contributed by atoms with Crippen LogP contribution in [0.4, 0.5) is 0 Å². The van der Waals surface area contributed by atoms with Gasteiger partial charge in [-0.05, 0) is 36.8 Å². The summed E-state index contributed by atoms with van der Waals surface area (Å²) in [5.74, 6) is 0.540. The average Bonchev–Trinajstić information content (AvgIpc) is 3.34. The van der Waals surface area contributed by atoms with E-state index in [2.05, 4.69) is 9.97 Å². The lowest BCUT2D eigenvalue weighted by Crippen LogP contribution is -2.29. The number of aryl methyl sites for hydroxylation is 1. The number of carbonyl (C=O) groups is 1. The van der Waals surface area contributed by atoms with Crippen molar-refractivity contribution in [2.45, 2.75) is 19.9 Å². The van der Waals surface area contributed by atoms with Gasteiger partial charge in [0.15, 0.2) is 11.5 Å². The maximum Gasteiger partial charge on any atom is 0.260 e. The Balaban J connectivity index is 1.52. The van der Waals surface area contributed by atoms with Crippen LogP contribution in [-0.2, 0) is 17.8 Å². The van der Waals surface area contributed by atoms with Gasteiger partial charge in [-0.15, -0.1) is 22.7 Å². The van der Waals surface area contributed by atoms with Crippen LogP contribution in [0.15, 0.2) is 40.5 Å². The summed E-state index contributed by atoms with van der Waals surface area (Å²) in [6, 6.07) is 9.03. The molecule has 0 aliphatic heterocycles. The Kier molecular flexibility index (Phi) is 5.79. The molecule has 0 spiro atoms. The van der Waals surface area contributed by atoms with Gasteiger partial charge in [-0.25, -0.2) is 4.98 Å². The second-order valence-electron chi connectivity index (χ2n) is 7.19. The summed E-state index contributed by atoms with van der Waals surface area (Å²) in [4.78, 5) is 37.1. The van der Waals surface area contributed by atoms with Crippen molar-refractivity contribution in [3.8, 4) is 21.9 Å². The number of hydrogen-bond acceptors (Lipinski definition) is 7. The topological polar surface area (TPSA) is 95.5 Å². The Morgan fingerprint density at radius 3 is 2.77 bits per heavy atom. The number of hydrogen-bond donors (Lipinski definition) is 2. The Morgan fingerprint density at radius 2 is 2.10 bits per heavy atom. The summed E-state index contributed by atoms with van der Waals surface area (Å²) in [5, 5.41) is 12.4. The minimum atomic E-state index is -0.238. The van der Waals surface area contributed by atoms with E-state index in [0.29, 0.717) is 28.3 Å². The van der Waals surface area contributed by atoms with Crippen molar-refractivity contribution in [3.05, 3.63) is 62.3 Å². The molecule has 3 aromatic heterocycles. The lowest BCUT2D eigenvalue weighted by molar-refractivity contribution is -0.129. The molecule has 0 radical (unpaired) electrons. The molecule has 1 amide bonds. The standard InChI is InChI=1S/C22H21N3O4S2/c1-12-4-7-17(31-12)14-11-30-22-20(14)21(28)23-18(24-22)9-19(27)25(2)10-13-5-6-16(29-3)15(26)8-13/h4-8,11,26H,9-10H2,1-3H3,(H,23,24,28). The van der Waals surface area contributed by atoms with Gasteiger partial charge in [-0.2, -0.15) is 0 Å². The normalized spacial score (nSPS) is 11.1. The van der Waals surface area contributed by atoms with E-state index in [1.54, 1.807) is 36.6 Å². The number of phenolic OH excluding ortho intramolecular Hbond substituents is 1. The van der Waals surface area contributed by atoms with Crippen LogP contribution in [0.25, 0.3) is 20.7 Å². The molecule has 1 aromatic carbocycles. The molecule has 0 aliphatic carbocycles. The third-order valence-corrected chi connectivity index (χ3v) is 6.81. The van der Waals surface area contributed by atoms with Gasteiger partial charge in [0, 0.05) is 34.3 Å². The molecular weight excluding hydrogens is 434 g/mol. The van der Waals surface area contributed by atoms with Crippen LogP contribution in [0.3, 0.4) is 0 Å². The maximum absolute atomic E-state index is 12.8. The summed E-state index contributed by atoms with van der Waals surface area (Å²) >= 11 is 3.03. The van der Waals surface area contributed by atoms with Gasteiger partial charge in [-0.1, -0.05) is 6.07 Å². The number of likely N-dealkylation sites (N-methyl/N-ethyl adjacent to an activating group) is 1. The first-order valence-electron chi connectivity index (χ1n) is 9.52. The van der Waals surface area contributed by atoms with Crippen LogP contribution >= 0.6 is 22.7 Å². The number of nitrogens with one attached hydrogen (secondary N) is 1. The number of benzene rings is 1. The van der Waals surface area contributed by atoms with Crippen LogP contribution in [0, 0.1) is 6.92 Å². The smallest absolute Gasteiger partial charge is 0.260 e. The second-order valence-corrected chi connectivity index (χ2v) is 9.33. The third-order valence-electron chi connectivity index (χ3n) is 4.91. The van der Waals surface area contributed by atoms with E-state index in [1.165, 1.54) is 28.2 Å². The Hall–Kier alpha value is -3.17. The number of methoxy groups -OCH3 is 1. The SMILES string of the molecule is COc1ccc(CN(C)C(=O)Cc2nc3scc(-c4ccc(C)s4)c3c(=O)[nH]2)cc1O. The number of rotatable bonds is 6. The number of fused-ring (bicyclic) bond motifs is 1. The first-order chi connectivity index (χ1) is 14.9. The number of H-pyrrole nitrogens is 1. The molecule has 0 fully saturated rings. The molecule has 4 aromatic rings. The monoisotopic (exact) mass is 455 g/mol. The van der Waals surface area contributed by atoms with Crippen molar-refractivity contribution in [1.29, 1.82) is 0 Å². The molecule has 0 saturated carbocycles. The van der Waals surface area contributed by atoms with E-state index in [4.69, 9.17) is 4.74 Å². The molecule has 9 heteroatoms. The number of amides is 1. The minimum absolute atomic E-state index is 0.0187. The zero-order valence-corrected chi connectivity index (χ0v) is 18.9. The first-order valence-corrected chi connectivity index (χ1v) is 11.2. The number of aromatic nitrogens is 2. The summed E-state index contributed by atoms with van der Waals surface area (Å²) in [7, 11) is 3.15. The van der Waals surface area contributed by atoms with Gasteiger partial charge in [0.05, 0.1) is 18.9 Å². The van der Waals surface area contributed by atoms with Crippen molar-refractivity contribution in [1.82, 2.24) is 14.9 Å². The maximum atomic E-state index is 12.8. The molecule has 0 aliphatic rings. The van der Waals surface area contributed by atoms with Gasteiger partial charge in [0.2, 0.25) is 5.91 Å². The van der Waals surface area contributed by atoms with Crippen molar-refractivity contribution in [3.63, 3.8) is 0 Å². The van der Waals surface area contributed by atoms with Crippen LogP contribution in [0.1, 0.15) is 16.3 Å². The number of thiophene rings is 2. The zero-order chi connectivity index (χ0) is 22.1. The van der Waals surface area contributed by atoms with Gasteiger partial charge in [-0.3, -0.25) is 9.59 Å². The van der Waals surface area contributed by atoms with Crippen molar-refractivity contribution in [2.75, 3.05) is 14.2 Å². The van der Waals surface area contributed by atoms with Gasteiger partial charge in [0.1, 0.15) is 10.7 Å². The molecule has 0 unspecified atom stereocenters. The first kappa shape index (κ1) is 21.1. The van der Waals surface area contributed by atoms with Gasteiger partial charge in [0.25, 0.3) is 5.56 Å². The summed E-state index contributed by atoms with van der Waals surface area (Å²) in [6.45, 7) is 2.34. The molecule has 31 heavy (non-hydrogen) atoms. The highest BCUT2D eigenvalue weighted by Gasteiger charge is 2.17. The van der Waals surface area contributed by atoms with E-state index in [9.17, 15) is 14.7 Å². The number of carbonyl (C=O) groups excluding carboxylic acids is 1. The summed E-state index contributed by atoms with van der Waals surface area (Å²) in [6.07, 6.45) is -0.0187. The fraction of sp³-hybridized carbons (Fsp3) is 0.227. The van der Waals surface area contributed by atoms with Crippen molar-refractivity contribution < 1.29 is 14.6 Å². The molecule has 4 rings (SSSR count). The van der Waals surface area contributed by atoms with E-state index in [1.807, 2.05) is 24.4 Å². The van der Waals surface area contributed by atoms with Gasteiger partial charge >= 0.3 is 0 Å².